The van der Waals surface area contributed by atoms with Gasteiger partial charge in [-0.05, 0) is 25.5 Å². The summed E-state index contributed by atoms with van der Waals surface area (Å²) in [6.07, 6.45) is -0.936. The number of aliphatic hydroxyl groups excluding tert-OH is 1. The summed E-state index contributed by atoms with van der Waals surface area (Å²) in [7, 11) is 0. The number of ether oxygens (including phenoxy) is 2. The minimum absolute atomic E-state index is 0.127. The molecule has 0 radical (unpaired) electrons. The van der Waals surface area contributed by atoms with E-state index in [1.165, 1.54) is 10.8 Å². The highest BCUT2D eigenvalue weighted by atomic mass is 16.6. The van der Waals surface area contributed by atoms with Gasteiger partial charge in [-0.3, -0.25) is 23.9 Å². The van der Waals surface area contributed by atoms with Gasteiger partial charge in [-0.2, -0.15) is 0 Å². The molecule has 2 unspecified atom stereocenters. The van der Waals surface area contributed by atoms with Crippen LogP contribution in [-0.4, -0.2) is 45.2 Å². The molecule has 1 aliphatic heterocycles. The van der Waals surface area contributed by atoms with E-state index in [9.17, 15) is 24.3 Å². The number of carbonyl (C=O) groups is 2. The van der Waals surface area contributed by atoms with E-state index in [1.807, 2.05) is 6.07 Å². The van der Waals surface area contributed by atoms with E-state index >= 15 is 0 Å². The quantitative estimate of drug-likeness (QED) is 0.393. The Kier molecular flexibility index (Phi) is 7.09. The summed E-state index contributed by atoms with van der Waals surface area (Å²) in [5.74, 6) is -1.39. The average Bonchev–Trinajstić information content (AvgIpc) is 3.28. The van der Waals surface area contributed by atoms with E-state index in [-0.39, 0.29) is 12.2 Å². The second kappa shape index (κ2) is 10.2. The molecule has 0 spiro atoms. The zero-order valence-corrected chi connectivity index (χ0v) is 19.3. The van der Waals surface area contributed by atoms with Gasteiger partial charge in [0.15, 0.2) is 5.78 Å². The average molecular weight is 479 g/mol. The molecule has 1 fully saturated rings. The molecule has 0 aliphatic carbocycles. The lowest BCUT2D eigenvalue weighted by Gasteiger charge is -2.19. The maximum absolute atomic E-state index is 13.0. The highest BCUT2D eigenvalue weighted by molar-refractivity contribution is 6.09. The van der Waals surface area contributed by atoms with Crippen molar-refractivity contribution in [2.75, 3.05) is 6.61 Å². The standard InChI is InChI=1S/C26H26N2O7/c1-15-13-28(26(33)27-24(15)31)22-12-20(21(14-29)34-22)35-25(32)16(2)18-9-6-10-19(11-18)23(30)17-7-4-3-5-8-17/h3-11,13,16,20-22,29H,12,14H2,1-2H3,(H,27,31,33)/t16?,20?,21-,22-/m1/s1. The van der Waals surface area contributed by atoms with E-state index < -0.39 is 48.2 Å². The maximum Gasteiger partial charge on any atom is 0.330 e. The molecular formula is C26H26N2O7. The van der Waals surface area contributed by atoms with Crippen LogP contribution in [0.15, 0.2) is 70.4 Å². The van der Waals surface area contributed by atoms with Crippen LogP contribution in [0.1, 0.15) is 52.5 Å². The zero-order valence-electron chi connectivity index (χ0n) is 19.3. The van der Waals surface area contributed by atoms with E-state index in [0.29, 0.717) is 22.3 Å². The van der Waals surface area contributed by atoms with Gasteiger partial charge in [0.2, 0.25) is 0 Å². The third kappa shape index (κ3) is 5.16. The van der Waals surface area contributed by atoms with Crippen molar-refractivity contribution in [2.24, 2.45) is 0 Å². The molecule has 0 saturated carbocycles. The molecule has 182 valence electrons. The van der Waals surface area contributed by atoms with Crippen LogP contribution in [0.2, 0.25) is 0 Å². The molecule has 2 aromatic carbocycles. The number of nitrogens with one attached hydrogen (secondary N) is 1. The van der Waals surface area contributed by atoms with Gasteiger partial charge in [-0.15, -0.1) is 0 Å². The van der Waals surface area contributed by atoms with Crippen molar-refractivity contribution in [3.63, 3.8) is 0 Å². The number of esters is 1. The van der Waals surface area contributed by atoms with Gasteiger partial charge < -0.3 is 14.6 Å². The summed E-state index contributed by atoms with van der Waals surface area (Å²) in [5.41, 5.74) is 0.800. The minimum atomic E-state index is -0.832. The zero-order chi connectivity index (χ0) is 25.1. The number of ketones is 1. The van der Waals surface area contributed by atoms with Gasteiger partial charge in [0.1, 0.15) is 18.4 Å². The number of benzene rings is 2. The SMILES string of the molecule is Cc1cn([C@H]2CC(OC(=O)C(C)c3cccc(C(=O)c4ccccc4)c3)[C@@H](CO)O2)c(=O)[nH]c1=O. The molecule has 0 bridgehead atoms. The summed E-state index contributed by atoms with van der Waals surface area (Å²) in [4.78, 5) is 51.8. The van der Waals surface area contributed by atoms with Gasteiger partial charge in [0, 0.05) is 29.3 Å². The lowest BCUT2D eigenvalue weighted by molar-refractivity contribution is -0.154. The first-order chi connectivity index (χ1) is 16.8. The number of H-pyrrole nitrogens is 1. The number of carbonyl (C=O) groups excluding carboxylic acids is 2. The third-order valence-electron chi connectivity index (χ3n) is 6.12. The maximum atomic E-state index is 13.0. The van der Waals surface area contributed by atoms with Gasteiger partial charge in [0.25, 0.3) is 5.56 Å². The summed E-state index contributed by atoms with van der Waals surface area (Å²) < 4.78 is 12.6. The number of aromatic nitrogens is 2. The largest absolute Gasteiger partial charge is 0.459 e. The van der Waals surface area contributed by atoms with Gasteiger partial charge in [0.05, 0.1) is 12.5 Å². The normalized spacial score (nSPS) is 20.4. The highest BCUT2D eigenvalue weighted by Gasteiger charge is 2.39. The smallest absolute Gasteiger partial charge is 0.330 e. The van der Waals surface area contributed by atoms with Gasteiger partial charge in [-0.25, -0.2) is 4.79 Å². The van der Waals surface area contributed by atoms with Crippen molar-refractivity contribution in [2.45, 2.75) is 44.6 Å². The van der Waals surface area contributed by atoms with Crippen molar-refractivity contribution in [1.82, 2.24) is 9.55 Å². The number of hydrogen-bond donors (Lipinski definition) is 2. The van der Waals surface area contributed by atoms with Crippen LogP contribution in [0.25, 0.3) is 0 Å². The van der Waals surface area contributed by atoms with E-state index in [4.69, 9.17) is 9.47 Å². The minimum Gasteiger partial charge on any atom is -0.459 e. The van der Waals surface area contributed by atoms with E-state index in [2.05, 4.69) is 4.98 Å². The van der Waals surface area contributed by atoms with Crippen molar-refractivity contribution < 1.29 is 24.2 Å². The first-order valence-electron chi connectivity index (χ1n) is 11.3. The molecule has 35 heavy (non-hydrogen) atoms. The highest BCUT2D eigenvalue weighted by Crippen LogP contribution is 2.31. The molecular weight excluding hydrogens is 452 g/mol. The molecule has 0 amide bonds. The summed E-state index contributed by atoms with van der Waals surface area (Å²) in [6, 6.07) is 15.7. The lowest BCUT2D eigenvalue weighted by Crippen LogP contribution is -2.33. The Morgan fingerprint density at radius 1 is 1.14 bits per heavy atom. The number of rotatable bonds is 7. The summed E-state index contributed by atoms with van der Waals surface area (Å²) in [6.45, 7) is 2.82. The van der Waals surface area contributed by atoms with Gasteiger partial charge >= 0.3 is 11.7 Å². The summed E-state index contributed by atoms with van der Waals surface area (Å²) in [5, 5.41) is 9.74. The fraction of sp³-hybridized carbons (Fsp3) is 0.308. The molecule has 4 atom stereocenters. The third-order valence-corrected chi connectivity index (χ3v) is 6.12. The lowest BCUT2D eigenvalue weighted by atomic mass is 9.95. The first-order valence-corrected chi connectivity index (χ1v) is 11.3. The Bertz CT molecular complexity index is 1350. The molecule has 9 heteroatoms. The van der Waals surface area contributed by atoms with Crippen LogP contribution < -0.4 is 11.2 Å². The number of nitrogens with zero attached hydrogens (tertiary/aromatic N) is 1. The van der Waals surface area contributed by atoms with Crippen molar-refractivity contribution in [3.8, 4) is 0 Å². The van der Waals surface area contributed by atoms with Crippen LogP contribution in [-0.2, 0) is 14.3 Å². The number of aromatic amines is 1. The Labute approximate surface area is 201 Å². The van der Waals surface area contributed by atoms with E-state index in [0.717, 1.165) is 0 Å². The molecule has 1 aliphatic rings. The van der Waals surface area contributed by atoms with Crippen molar-refractivity contribution in [3.05, 3.63) is 104 Å². The first kappa shape index (κ1) is 24.3. The van der Waals surface area contributed by atoms with Crippen LogP contribution in [0.5, 0.6) is 0 Å². The molecule has 4 rings (SSSR count). The molecule has 2 heterocycles. The van der Waals surface area contributed by atoms with Gasteiger partial charge in [-0.1, -0.05) is 48.5 Å². The molecule has 2 N–H and O–H groups in total. The molecule has 9 nitrogen and oxygen atoms in total. The predicted octanol–water partition coefficient (Wildman–Crippen LogP) is 2.07. The molecule has 1 aromatic heterocycles. The number of hydrogen-bond acceptors (Lipinski definition) is 7. The Hall–Kier alpha value is -3.82. The van der Waals surface area contributed by atoms with Crippen LogP contribution in [0, 0.1) is 6.92 Å². The predicted molar refractivity (Wildman–Crippen MR) is 126 cm³/mol. The molecule has 1 saturated heterocycles. The second-order valence-corrected chi connectivity index (χ2v) is 8.54. The fourth-order valence-electron chi connectivity index (χ4n) is 4.05. The van der Waals surface area contributed by atoms with E-state index in [1.54, 1.807) is 62.4 Å². The number of aryl methyl sites for hydroxylation is 1. The summed E-state index contributed by atoms with van der Waals surface area (Å²) >= 11 is 0. The van der Waals surface area contributed by atoms with Crippen LogP contribution in [0.3, 0.4) is 0 Å². The van der Waals surface area contributed by atoms with Crippen molar-refractivity contribution >= 4 is 11.8 Å². The Morgan fingerprint density at radius 3 is 2.57 bits per heavy atom. The molecule has 3 aromatic rings. The Morgan fingerprint density at radius 2 is 1.86 bits per heavy atom. The topological polar surface area (TPSA) is 128 Å². The van der Waals surface area contributed by atoms with Crippen molar-refractivity contribution in [1.29, 1.82) is 0 Å². The number of aliphatic hydroxyl groups is 1. The van der Waals surface area contributed by atoms with Crippen LogP contribution >= 0.6 is 0 Å². The fourth-order valence-corrected chi connectivity index (χ4v) is 4.05. The second-order valence-electron chi connectivity index (χ2n) is 8.54. The van der Waals surface area contributed by atoms with Crippen LogP contribution in [0.4, 0.5) is 0 Å². The monoisotopic (exact) mass is 478 g/mol. The Balaban J connectivity index is 1.48.